The second kappa shape index (κ2) is 6.01. The lowest BCUT2D eigenvalue weighted by molar-refractivity contribution is 0.601. The van der Waals surface area contributed by atoms with E-state index in [9.17, 15) is 10.1 Å². The van der Waals surface area contributed by atoms with Crippen LogP contribution in [-0.2, 0) is 0 Å². The number of aromatic nitrogens is 2. The Morgan fingerprint density at radius 1 is 1.23 bits per heavy atom. The average Bonchev–Trinajstić information content (AvgIpc) is 3.04. The lowest BCUT2D eigenvalue weighted by atomic mass is 10.1. The summed E-state index contributed by atoms with van der Waals surface area (Å²) in [7, 11) is 0. The van der Waals surface area contributed by atoms with Crippen LogP contribution in [0.25, 0.3) is 33.7 Å². The first-order chi connectivity index (χ1) is 12.6. The van der Waals surface area contributed by atoms with Gasteiger partial charge in [-0.1, -0.05) is 12.1 Å². The summed E-state index contributed by atoms with van der Waals surface area (Å²) in [6.07, 6.45) is 2.88. The smallest absolute Gasteiger partial charge is 0.199 e. The molecule has 1 N–H and O–H groups in total. The Hall–Kier alpha value is -3.65. The largest absolute Gasteiger partial charge is 0.463 e. The van der Waals surface area contributed by atoms with Gasteiger partial charge in [0.15, 0.2) is 5.43 Å². The number of nitriles is 1. The third-order valence-electron chi connectivity index (χ3n) is 4.48. The molecule has 0 radical (unpaired) electrons. The molecule has 4 rings (SSSR count). The average molecular weight is 341 g/mol. The minimum absolute atomic E-state index is 0.178. The van der Waals surface area contributed by atoms with Gasteiger partial charge in [0.1, 0.15) is 23.7 Å². The molecule has 0 unspecified atom stereocenters. The number of para-hydroxylation sites is 1. The van der Waals surface area contributed by atoms with Crippen molar-refractivity contribution >= 4 is 33.7 Å². The molecule has 2 heterocycles. The molecule has 126 valence electrons. The van der Waals surface area contributed by atoms with Gasteiger partial charge in [-0.05, 0) is 55.3 Å². The molecule has 4 aromatic rings. The normalized spacial score (nSPS) is 11.8. The zero-order valence-corrected chi connectivity index (χ0v) is 14.3. The van der Waals surface area contributed by atoms with Crippen molar-refractivity contribution in [1.82, 2.24) is 9.97 Å². The Labute approximate surface area is 149 Å². The van der Waals surface area contributed by atoms with Gasteiger partial charge < -0.3 is 9.40 Å². The molecule has 0 aliphatic carbocycles. The van der Waals surface area contributed by atoms with Crippen LogP contribution in [0.15, 0.2) is 51.9 Å². The number of aromatic amines is 1. The number of nitrogens with zero attached hydrogens (tertiary/aromatic N) is 2. The summed E-state index contributed by atoms with van der Waals surface area (Å²) in [6.45, 7) is 4.04. The van der Waals surface area contributed by atoms with Crippen molar-refractivity contribution in [3.05, 3.63) is 75.4 Å². The number of hydrogen-bond acceptors (Lipinski definition) is 4. The van der Waals surface area contributed by atoms with E-state index in [4.69, 9.17) is 4.42 Å². The maximum atomic E-state index is 12.6. The molecule has 0 atom stereocenters. The molecule has 0 aliphatic rings. The number of aryl methyl sites for hydroxylation is 2. The van der Waals surface area contributed by atoms with Crippen LogP contribution in [0.1, 0.15) is 22.5 Å². The third kappa shape index (κ3) is 2.58. The molecule has 0 spiro atoms. The first-order valence-corrected chi connectivity index (χ1v) is 8.16. The van der Waals surface area contributed by atoms with Gasteiger partial charge >= 0.3 is 0 Å². The predicted molar refractivity (Wildman–Crippen MR) is 102 cm³/mol. The Kier molecular flexibility index (Phi) is 3.67. The van der Waals surface area contributed by atoms with Crippen molar-refractivity contribution in [2.45, 2.75) is 13.8 Å². The van der Waals surface area contributed by atoms with Crippen LogP contribution in [0.2, 0.25) is 0 Å². The van der Waals surface area contributed by atoms with Crippen LogP contribution < -0.4 is 5.43 Å². The Balaban J connectivity index is 1.87. The summed E-state index contributed by atoms with van der Waals surface area (Å²) in [5.41, 5.74) is 4.85. The highest BCUT2D eigenvalue weighted by atomic mass is 16.3. The highest BCUT2D eigenvalue weighted by molar-refractivity contribution is 5.91. The Morgan fingerprint density at radius 3 is 2.81 bits per heavy atom. The second-order valence-corrected chi connectivity index (χ2v) is 6.23. The predicted octanol–water partition coefficient (Wildman–Crippen LogP) is 4.35. The van der Waals surface area contributed by atoms with E-state index < -0.39 is 0 Å². The van der Waals surface area contributed by atoms with Crippen LogP contribution >= 0.6 is 0 Å². The van der Waals surface area contributed by atoms with Gasteiger partial charge in [-0.25, -0.2) is 4.98 Å². The van der Waals surface area contributed by atoms with Crippen molar-refractivity contribution in [3.8, 4) is 6.07 Å². The first-order valence-electron chi connectivity index (χ1n) is 8.16. The highest BCUT2D eigenvalue weighted by Crippen LogP contribution is 2.22. The van der Waals surface area contributed by atoms with Crippen LogP contribution in [0, 0.1) is 25.2 Å². The van der Waals surface area contributed by atoms with E-state index in [2.05, 4.69) is 16.0 Å². The summed E-state index contributed by atoms with van der Waals surface area (Å²) >= 11 is 0. The maximum Gasteiger partial charge on any atom is 0.199 e. The fourth-order valence-electron chi connectivity index (χ4n) is 2.90. The zero-order chi connectivity index (χ0) is 18.3. The standard InChI is InChI=1S/C21H15N3O2/c1-12-7-17-18(8-13(12)2)24-21(23-17)14(10-22)9-15-11-26-19-6-4-3-5-16(19)20(15)25/h3-9,11H,1-2H3,(H,23,24). The molecule has 0 fully saturated rings. The minimum atomic E-state index is -0.178. The molecule has 5 heteroatoms. The quantitative estimate of drug-likeness (QED) is 0.549. The molecule has 0 bridgehead atoms. The molecule has 0 saturated heterocycles. The summed E-state index contributed by atoms with van der Waals surface area (Å²) in [5, 5.41) is 10.0. The van der Waals surface area contributed by atoms with E-state index >= 15 is 0 Å². The van der Waals surface area contributed by atoms with Crippen LogP contribution in [-0.4, -0.2) is 9.97 Å². The van der Waals surface area contributed by atoms with E-state index in [1.54, 1.807) is 24.3 Å². The molecular formula is C21H15N3O2. The molecule has 0 aliphatic heterocycles. The fourth-order valence-corrected chi connectivity index (χ4v) is 2.90. The molecule has 26 heavy (non-hydrogen) atoms. The summed E-state index contributed by atoms with van der Waals surface area (Å²) < 4.78 is 5.51. The van der Waals surface area contributed by atoms with Gasteiger partial charge in [0.05, 0.1) is 27.6 Å². The van der Waals surface area contributed by atoms with E-state index in [1.807, 2.05) is 26.0 Å². The monoisotopic (exact) mass is 341 g/mol. The molecule has 0 saturated carbocycles. The van der Waals surface area contributed by atoms with Gasteiger partial charge in [0.25, 0.3) is 0 Å². The number of H-pyrrole nitrogens is 1. The van der Waals surface area contributed by atoms with Crippen molar-refractivity contribution in [2.24, 2.45) is 0 Å². The van der Waals surface area contributed by atoms with Crippen LogP contribution in [0.3, 0.4) is 0 Å². The van der Waals surface area contributed by atoms with Crippen molar-refractivity contribution < 1.29 is 4.42 Å². The number of rotatable bonds is 2. The topological polar surface area (TPSA) is 82.7 Å². The summed E-state index contributed by atoms with van der Waals surface area (Å²) in [5.74, 6) is 0.431. The summed E-state index contributed by atoms with van der Waals surface area (Å²) in [6, 6.07) is 13.1. The highest BCUT2D eigenvalue weighted by Gasteiger charge is 2.11. The van der Waals surface area contributed by atoms with Crippen molar-refractivity contribution in [1.29, 1.82) is 5.26 Å². The van der Waals surface area contributed by atoms with Crippen LogP contribution in [0.5, 0.6) is 0 Å². The van der Waals surface area contributed by atoms with Crippen molar-refractivity contribution in [2.75, 3.05) is 0 Å². The van der Waals surface area contributed by atoms with Crippen molar-refractivity contribution in [3.63, 3.8) is 0 Å². The minimum Gasteiger partial charge on any atom is -0.463 e. The van der Waals surface area contributed by atoms with Gasteiger partial charge in [-0.15, -0.1) is 0 Å². The molecule has 0 amide bonds. The molecular weight excluding hydrogens is 326 g/mol. The number of imidazole rings is 1. The van der Waals surface area contributed by atoms with Gasteiger partial charge in [-0.3, -0.25) is 4.79 Å². The number of allylic oxidation sites excluding steroid dienone is 1. The van der Waals surface area contributed by atoms with E-state index in [1.165, 1.54) is 12.3 Å². The Morgan fingerprint density at radius 2 is 2.00 bits per heavy atom. The molecule has 2 aromatic heterocycles. The van der Waals surface area contributed by atoms with Gasteiger partial charge in [0.2, 0.25) is 0 Å². The van der Waals surface area contributed by atoms with Gasteiger partial charge in [0, 0.05) is 0 Å². The molecule has 5 nitrogen and oxygen atoms in total. The van der Waals surface area contributed by atoms with Crippen LogP contribution in [0.4, 0.5) is 0 Å². The SMILES string of the molecule is Cc1cc2nc(C(C#N)=Cc3coc4ccccc4c3=O)[nH]c2cc1C. The second-order valence-electron chi connectivity index (χ2n) is 6.23. The number of hydrogen-bond donors (Lipinski definition) is 1. The molecule has 2 aromatic carbocycles. The number of fused-ring (bicyclic) bond motifs is 2. The first kappa shape index (κ1) is 15.9. The summed E-state index contributed by atoms with van der Waals surface area (Å²) in [4.78, 5) is 20.3. The third-order valence-corrected chi connectivity index (χ3v) is 4.48. The van der Waals surface area contributed by atoms with Gasteiger partial charge in [-0.2, -0.15) is 5.26 Å². The van der Waals surface area contributed by atoms with E-state index in [0.717, 1.165) is 22.2 Å². The van der Waals surface area contributed by atoms with E-state index in [-0.39, 0.29) is 11.0 Å². The lowest BCUT2D eigenvalue weighted by Crippen LogP contribution is -2.05. The van der Waals surface area contributed by atoms with E-state index in [0.29, 0.717) is 22.4 Å². The maximum absolute atomic E-state index is 12.6. The number of benzene rings is 2. The number of nitrogens with one attached hydrogen (secondary N) is 1. The Bertz CT molecular complexity index is 1250. The zero-order valence-electron chi connectivity index (χ0n) is 14.3. The lowest BCUT2D eigenvalue weighted by Gasteiger charge is -1.98. The fraction of sp³-hybridized carbons (Fsp3) is 0.0952.